The number of anilines is 1. The molecule has 2 aromatic carbocycles. The number of rotatable bonds is 6. The lowest BCUT2D eigenvalue weighted by Crippen LogP contribution is -2.23. The molecule has 0 atom stereocenters. The quantitative estimate of drug-likeness (QED) is 0.319. The number of benzene rings is 2. The number of aryl methyl sites for hydroxylation is 1. The van der Waals surface area contributed by atoms with Gasteiger partial charge in [0.2, 0.25) is 5.95 Å². The Labute approximate surface area is 204 Å². The van der Waals surface area contributed by atoms with Crippen LogP contribution in [0, 0.1) is 0 Å². The third kappa shape index (κ3) is 5.17. The molecule has 0 radical (unpaired) electrons. The predicted octanol–water partition coefficient (Wildman–Crippen LogP) is 4.51. The first-order valence-corrected chi connectivity index (χ1v) is 10.7. The topological polar surface area (TPSA) is 111 Å². The van der Waals surface area contributed by atoms with E-state index in [1.807, 2.05) is 0 Å². The summed E-state index contributed by atoms with van der Waals surface area (Å²) in [5, 5.41) is 7.13. The van der Waals surface area contributed by atoms with E-state index in [0.717, 1.165) is 5.39 Å². The molecule has 5 aromatic rings. The maximum Gasteiger partial charge on any atom is 0.405 e. The van der Waals surface area contributed by atoms with Crippen molar-refractivity contribution in [3.8, 4) is 28.3 Å². The van der Waals surface area contributed by atoms with Crippen molar-refractivity contribution in [2.24, 2.45) is 7.05 Å². The molecular weight excluding hydrogens is 501 g/mol. The van der Waals surface area contributed by atoms with Crippen molar-refractivity contribution in [2.75, 3.05) is 11.9 Å². The smallest absolute Gasteiger partial charge is 0.405 e. The monoisotopic (exact) mass is 517 g/mol. The second-order valence-electron chi connectivity index (χ2n) is 7.96. The van der Waals surface area contributed by atoms with Crippen LogP contribution >= 0.6 is 0 Å². The molecule has 9 nitrogen and oxygen atoms in total. The Hall–Kier alpha value is -4.62. The average Bonchev–Trinajstić information content (AvgIpc) is 3.20. The van der Waals surface area contributed by atoms with Crippen LogP contribution in [-0.2, 0) is 7.05 Å². The first-order valence-electron chi connectivity index (χ1n) is 10.7. The van der Waals surface area contributed by atoms with Gasteiger partial charge in [0.25, 0.3) is 5.56 Å². The molecule has 0 aliphatic carbocycles. The van der Waals surface area contributed by atoms with Gasteiger partial charge in [0.05, 0.1) is 5.52 Å². The maximum atomic E-state index is 12.9. The molecule has 5 rings (SSSR count). The first-order chi connectivity index (χ1) is 17.6. The molecule has 0 amide bonds. The second-order valence-corrected chi connectivity index (χ2v) is 7.96. The van der Waals surface area contributed by atoms with Crippen LogP contribution in [0.15, 0.2) is 53.5 Å². The highest BCUT2D eigenvalue weighted by atomic mass is 19.4. The van der Waals surface area contributed by atoms with E-state index < -0.39 is 30.8 Å². The van der Waals surface area contributed by atoms with Crippen LogP contribution in [0.25, 0.3) is 44.6 Å². The minimum Gasteiger partial charge on any atom is -0.435 e. The van der Waals surface area contributed by atoms with Gasteiger partial charge in [-0.25, -0.2) is 9.97 Å². The lowest BCUT2D eigenvalue weighted by molar-refractivity contribution is -0.115. The van der Waals surface area contributed by atoms with E-state index in [4.69, 9.17) is 0 Å². The van der Waals surface area contributed by atoms with Crippen molar-refractivity contribution in [3.05, 3.63) is 59.0 Å². The molecule has 0 unspecified atom stereocenters. The Balaban J connectivity index is 1.66. The van der Waals surface area contributed by atoms with Gasteiger partial charge in [0.1, 0.15) is 29.2 Å². The standard InChI is InChI=1S/C23H16F5N7O2/c1-35-9-13-8-12(4-7-15(13)34-35)17-20(36)32-19-18(30-17)16(31-22(33-19)29-10-23(26,27)28)11-2-5-14(6-3-11)37-21(24)25/h2-9,21H,10H2,1H3,(H2,29,31,32,33,36). The predicted molar refractivity (Wildman–Crippen MR) is 124 cm³/mol. The van der Waals surface area contributed by atoms with Crippen molar-refractivity contribution < 1.29 is 26.7 Å². The molecule has 0 bridgehead atoms. The van der Waals surface area contributed by atoms with Crippen molar-refractivity contribution in [1.29, 1.82) is 0 Å². The zero-order valence-electron chi connectivity index (χ0n) is 18.8. The minimum atomic E-state index is -4.55. The van der Waals surface area contributed by atoms with Gasteiger partial charge in [0, 0.05) is 29.8 Å². The van der Waals surface area contributed by atoms with E-state index in [1.54, 1.807) is 36.1 Å². The lowest BCUT2D eigenvalue weighted by atomic mass is 10.1. The number of aromatic amines is 1. The molecule has 37 heavy (non-hydrogen) atoms. The van der Waals surface area contributed by atoms with E-state index >= 15 is 0 Å². The van der Waals surface area contributed by atoms with Crippen LogP contribution in [0.1, 0.15) is 0 Å². The summed E-state index contributed by atoms with van der Waals surface area (Å²) in [5.41, 5.74) is 0.934. The van der Waals surface area contributed by atoms with E-state index in [-0.39, 0.29) is 28.3 Å². The van der Waals surface area contributed by atoms with Gasteiger partial charge in [-0.3, -0.25) is 9.48 Å². The highest BCUT2D eigenvalue weighted by Gasteiger charge is 2.27. The fourth-order valence-corrected chi connectivity index (χ4v) is 3.72. The summed E-state index contributed by atoms with van der Waals surface area (Å²) in [6.45, 7) is -4.45. The largest absolute Gasteiger partial charge is 0.435 e. The number of alkyl halides is 5. The third-order valence-corrected chi connectivity index (χ3v) is 5.25. The van der Waals surface area contributed by atoms with Crippen LogP contribution < -0.4 is 15.6 Å². The molecule has 3 heterocycles. The fourth-order valence-electron chi connectivity index (χ4n) is 3.72. The van der Waals surface area contributed by atoms with Gasteiger partial charge in [-0.2, -0.15) is 32.0 Å². The van der Waals surface area contributed by atoms with Gasteiger partial charge in [-0.05, 0) is 36.4 Å². The summed E-state index contributed by atoms with van der Waals surface area (Å²) in [4.78, 5) is 28.1. The second kappa shape index (κ2) is 9.11. The number of fused-ring (bicyclic) bond motifs is 2. The Bertz CT molecular complexity index is 1660. The van der Waals surface area contributed by atoms with Crippen molar-refractivity contribution in [1.82, 2.24) is 29.7 Å². The van der Waals surface area contributed by atoms with Crippen LogP contribution in [0.4, 0.5) is 27.9 Å². The number of aromatic nitrogens is 6. The summed E-state index contributed by atoms with van der Waals surface area (Å²) in [6.07, 6.45) is -2.78. The summed E-state index contributed by atoms with van der Waals surface area (Å²) in [6, 6.07) is 10.4. The first kappa shape index (κ1) is 24.1. The lowest BCUT2D eigenvalue weighted by Gasteiger charge is -2.12. The number of hydrogen-bond acceptors (Lipinski definition) is 7. The van der Waals surface area contributed by atoms with E-state index in [2.05, 4.69) is 35.1 Å². The molecule has 2 N–H and O–H groups in total. The molecule has 0 saturated heterocycles. The fraction of sp³-hybridized carbons (Fsp3) is 0.174. The zero-order valence-corrected chi connectivity index (χ0v) is 18.8. The van der Waals surface area contributed by atoms with Crippen LogP contribution in [0.5, 0.6) is 5.75 Å². The zero-order chi connectivity index (χ0) is 26.3. The highest BCUT2D eigenvalue weighted by molar-refractivity contribution is 5.90. The Morgan fingerprint density at radius 2 is 1.76 bits per heavy atom. The summed E-state index contributed by atoms with van der Waals surface area (Å²) in [5.74, 6) is -0.533. The molecular formula is C23H16F5N7O2. The van der Waals surface area contributed by atoms with E-state index in [1.165, 1.54) is 24.3 Å². The van der Waals surface area contributed by atoms with E-state index in [9.17, 15) is 26.7 Å². The van der Waals surface area contributed by atoms with Crippen molar-refractivity contribution in [2.45, 2.75) is 12.8 Å². The third-order valence-electron chi connectivity index (χ3n) is 5.25. The summed E-state index contributed by atoms with van der Waals surface area (Å²) < 4.78 is 69.4. The molecule has 0 aliphatic rings. The summed E-state index contributed by atoms with van der Waals surface area (Å²) >= 11 is 0. The minimum absolute atomic E-state index is 0.0248. The molecule has 0 fully saturated rings. The molecule has 0 spiro atoms. The SMILES string of the molecule is Cn1cc2cc(-c3nc4c(-c5ccc(OC(F)F)cc5)nc(NCC(F)(F)F)nc4[nH]c3=O)ccc2n1. The number of ether oxygens (including phenoxy) is 1. The van der Waals surface area contributed by atoms with E-state index in [0.29, 0.717) is 16.6 Å². The number of hydrogen-bond donors (Lipinski definition) is 2. The summed E-state index contributed by atoms with van der Waals surface area (Å²) in [7, 11) is 1.76. The van der Waals surface area contributed by atoms with Crippen molar-refractivity contribution in [3.63, 3.8) is 0 Å². The highest BCUT2D eigenvalue weighted by Crippen LogP contribution is 2.29. The molecule has 190 valence electrons. The molecule has 0 aliphatic heterocycles. The van der Waals surface area contributed by atoms with Gasteiger partial charge in [0.15, 0.2) is 5.65 Å². The molecule has 0 saturated carbocycles. The Kier molecular flexibility index (Phi) is 5.93. The number of nitrogens with one attached hydrogen (secondary N) is 2. The van der Waals surface area contributed by atoms with Gasteiger partial charge >= 0.3 is 12.8 Å². The Morgan fingerprint density at radius 1 is 1.03 bits per heavy atom. The normalized spacial score (nSPS) is 12.0. The van der Waals surface area contributed by atoms with Gasteiger partial charge in [-0.1, -0.05) is 6.07 Å². The van der Waals surface area contributed by atoms with Crippen LogP contribution in [0.3, 0.4) is 0 Å². The average molecular weight is 517 g/mol. The molecule has 3 aromatic heterocycles. The van der Waals surface area contributed by atoms with Crippen molar-refractivity contribution >= 4 is 28.0 Å². The maximum absolute atomic E-state index is 12.9. The van der Waals surface area contributed by atoms with Crippen LogP contribution in [0.2, 0.25) is 0 Å². The number of H-pyrrole nitrogens is 1. The van der Waals surface area contributed by atoms with Crippen LogP contribution in [-0.4, -0.2) is 49.0 Å². The molecule has 14 heteroatoms. The van der Waals surface area contributed by atoms with Gasteiger partial charge in [-0.15, -0.1) is 0 Å². The number of halogens is 5. The van der Waals surface area contributed by atoms with Gasteiger partial charge < -0.3 is 15.0 Å². The Morgan fingerprint density at radius 3 is 2.46 bits per heavy atom. The number of nitrogens with zero attached hydrogens (tertiary/aromatic N) is 5.